The predicted molar refractivity (Wildman–Crippen MR) is 39.5 cm³/mol. The van der Waals surface area contributed by atoms with E-state index >= 15 is 0 Å². The van der Waals surface area contributed by atoms with Gasteiger partial charge in [0.1, 0.15) is 0 Å². The highest BCUT2D eigenvalue weighted by atomic mass is 19.3. The Morgan fingerprint density at radius 1 is 1.36 bits per heavy atom. The number of alkyl halides is 2. The molecule has 0 aliphatic heterocycles. The van der Waals surface area contributed by atoms with E-state index in [0.717, 1.165) is 0 Å². The van der Waals surface area contributed by atoms with Gasteiger partial charge < -0.3 is 10.5 Å². The minimum Gasteiger partial charge on any atom is -0.328 e. The summed E-state index contributed by atoms with van der Waals surface area (Å²) in [5.41, 5.74) is 4.49. The van der Waals surface area contributed by atoms with Gasteiger partial charge in [-0.1, -0.05) is 13.8 Å². The van der Waals surface area contributed by atoms with Crippen molar-refractivity contribution in [2.75, 3.05) is 6.54 Å². The van der Waals surface area contributed by atoms with Crippen LogP contribution < -0.4 is 5.73 Å². The summed E-state index contributed by atoms with van der Waals surface area (Å²) in [7, 11) is 0. The van der Waals surface area contributed by atoms with Crippen molar-refractivity contribution in [3.63, 3.8) is 0 Å². The maximum atomic E-state index is 11.8. The van der Waals surface area contributed by atoms with Crippen LogP contribution in [-0.2, 0) is 4.74 Å². The zero-order chi connectivity index (χ0) is 8.91. The van der Waals surface area contributed by atoms with Crippen LogP contribution in [0.15, 0.2) is 0 Å². The summed E-state index contributed by atoms with van der Waals surface area (Å²) in [6.45, 7) is 1.00. The average Bonchev–Trinajstić information content (AvgIpc) is 2.00. The average molecular weight is 167 g/mol. The van der Waals surface area contributed by atoms with E-state index in [9.17, 15) is 8.78 Å². The van der Waals surface area contributed by atoms with Gasteiger partial charge in [0, 0.05) is 6.54 Å². The van der Waals surface area contributed by atoms with Crippen molar-refractivity contribution < 1.29 is 13.5 Å². The van der Waals surface area contributed by atoms with Crippen molar-refractivity contribution >= 4 is 0 Å². The molecule has 68 valence electrons. The zero-order valence-electron chi connectivity index (χ0n) is 6.94. The van der Waals surface area contributed by atoms with Gasteiger partial charge in [-0.05, 0) is 12.8 Å². The van der Waals surface area contributed by atoms with Crippen LogP contribution in [0.2, 0.25) is 0 Å². The lowest BCUT2D eigenvalue weighted by Gasteiger charge is -2.29. The molecule has 0 unspecified atom stereocenters. The Balaban J connectivity index is 4.05. The van der Waals surface area contributed by atoms with E-state index in [2.05, 4.69) is 4.74 Å². The van der Waals surface area contributed by atoms with Crippen LogP contribution in [0.25, 0.3) is 0 Å². The van der Waals surface area contributed by atoms with Crippen LogP contribution in [0.4, 0.5) is 8.78 Å². The van der Waals surface area contributed by atoms with Crippen LogP contribution in [0.1, 0.15) is 26.7 Å². The molecule has 0 spiro atoms. The van der Waals surface area contributed by atoms with E-state index in [4.69, 9.17) is 5.73 Å². The highest BCUT2D eigenvalue weighted by Gasteiger charge is 2.28. The molecule has 0 saturated heterocycles. The molecule has 0 rings (SSSR count). The lowest BCUT2D eigenvalue weighted by Crippen LogP contribution is -2.40. The molecular formula is C7H15F2NO. The summed E-state index contributed by atoms with van der Waals surface area (Å²) < 4.78 is 28.1. The van der Waals surface area contributed by atoms with Crippen molar-refractivity contribution in [3.8, 4) is 0 Å². The highest BCUT2D eigenvalue weighted by molar-refractivity contribution is 4.78. The second kappa shape index (κ2) is 4.62. The normalized spacial score (nSPS) is 12.5. The molecule has 4 heteroatoms. The molecule has 0 fully saturated rings. The fraction of sp³-hybridized carbons (Fsp3) is 1.00. The molecule has 0 aromatic rings. The Bertz CT molecular complexity index is 96.3. The van der Waals surface area contributed by atoms with Gasteiger partial charge in [0.25, 0.3) is 0 Å². The lowest BCUT2D eigenvalue weighted by molar-refractivity contribution is -0.207. The first-order valence-electron chi connectivity index (χ1n) is 3.76. The fourth-order valence-electron chi connectivity index (χ4n) is 0.942. The Morgan fingerprint density at radius 3 is 1.91 bits per heavy atom. The standard InChI is InChI=1S/C7H15F2NO/c1-3-7(4-2,5-10)11-6(8)9/h6H,3-5,10H2,1-2H3. The van der Waals surface area contributed by atoms with Crippen molar-refractivity contribution in [2.45, 2.75) is 38.9 Å². The molecule has 0 aliphatic carbocycles. The van der Waals surface area contributed by atoms with Gasteiger partial charge in [0.05, 0.1) is 5.60 Å². The summed E-state index contributed by atoms with van der Waals surface area (Å²) in [4.78, 5) is 0. The van der Waals surface area contributed by atoms with Gasteiger partial charge in [-0.15, -0.1) is 0 Å². The molecule has 0 bridgehead atoms. The van der Waals surface area contributed by atoms with E-state index in [1.54, 1.807) is 13.8 Å². The van der Waals surface area contributed by atoms with Crippen LogP contribution in [0, 0.1) is 0 Å². The van der Waals surface area contributed by atoms with Crippen LogP contribution in [0.5, 0.6) is 0 Å². The topological polar surface area (TPSA) is 35.2 Å². The van der Waals surface area contributed by atoms with Gasteiger partial charge >= 0.3 is 6.61 Å². The molecule has 0 radical (unpaired) electrons. The Kier molecular flexibility index (Phi) is 4.52. The fourth-order valence-corrected chi connectivity index (χ4v) is 0.942. The molecule has 0 saturated carbocycles. The SMILES string of the molecule is CCC(CC)(CN)OC(F)F. The Hall–Kier alpha value is -0.220. The third-order valence-electron chi connectivity index (χ3n) is 2.00. The second-order valence-electron chi connectivity index (χ2n) is 2.47. The summed E-state index contributed by atoms with van der Waals surface area (Å²) >= 11 is 0. The molecule has 11 heavy (non-hydrogen) atoms. The summed E-state index contributed by atoms with van der Waals surface area (Å²) in [6.07, 6.45) is 1.04. The first kappa shape index (κ1) is 10.8. The van der Waals surface area contributed by atoms with E-state index in [-0.39, 0.29) is 6.54 Å². The maximum absolute atomic E-state index is 11.8. The quantitative estimate of drug-likeness (QED) is 0.677. The summed E-state index contributed by atoms with van der Waals surface area (Å²) in [5, 5.41) is 0. The zero-order valence-corrected chi connectivity index (χ0v) is 6.94. The molecule has 0 aromatic heterocycles. The summed E-state index contributed by atoms with van der Waals surface area (Å²) in [5.74, 6) is 0. The molecule has 0 amide bonds. The predicted octanol–water partition coefficient (Wildman–Crippen LogP) is 1.74. The number of hydrogen-bond acceptors (Lipinski definition) is 2. The number of halogens is 2. The Labute approximate surface area is 65.7 Å². The molecule has 0 aromatic carbocycles. The molecule has 0 aliphatic rings. The largest absolute Gasteiger partial charge is 0.345 e. The van der Waals surface area contributed by atoms with Crippen LogP contribution in [-0.4, -0.2) is 18.8 Å². The maximum Gasteiger partial charge on any atom is 0.345 e. The second-order valence-corrected chi connectivity index (χ2v) is 2.47. The third kappa shape index (κ3) is 3.12. The minimum absolute atomic E-state index is 0.143. The minimum atomic E-state index is -2.72. The van der Waals surface area contributed by atoms with Gasteiger partial charge in [0.2, 0.25) is 0 Å². The van der Waals surface area contributed by atoms with E-state index in [1.807, 2.05) is 0 Å². The van der Waals surface area contributed by atoms with E-state index in [1.165, 1.54) is 0 Å². The van der Waals surface area contributed by atoms with Gasteiger partial charge in [-0.3, -0.25) is 0 Å². The highest BCUT2D eigenvalue weighted by Crippen LogP contribution is 2.21. The number of hydrogen-bond donors (Lipinski definition) is 1. The number of ether oxygens (including phenoxy) is 1. The van der Waals surface area contributed by atoms with Crippen molar-refractivity contribution in [1.82, 2.24) is 0 Å². The molecule has 2 N–H and O–H groups in total. The van der Waals surface area contributed by atoms with Gasteiger partial charge in [-0.2, -0.15) is 8.78 Å². The molecule has 0 atom stereocenters. The first-order chi connectivity index (χ1) is 5.10. The molecule has 0 heterocycles. The Morgan fingerprint density at radius 2 is 1.82 bits per heavy atom. The molecular weight excluding hydrogens is 152 g/mol. The number of nitrogens with two attached hydrogens (primary N) is 1. The number of rotatable bonds is 5. The first-order valence-corrected chi connectivity index (χ1v) is 3.76. The van der Waals surface area contributed by atoms with Gasteiger partial charge in [-0.25, -0.2) is 0 Å². The lowest BCUT2D eigenvalue weighted by atomic mass is 9.98. The van der Waals surface area contributed by atoms with Crippen molar-refractivity contribution in [1.29, 1.82) is 0 Å². The summed E-state index contributed by atoms with van der Waals surface area (Å²) in [6, 6.07) is 0. The monoisotopic (exact) mass is 167 g/mol. The van der Waals surface area contributed by atoms with Crippen molar-refractivity contribution in [2.24, 2.45) is 5.73 Å². The third-order valence-corrected chi connectivity index (χ3v) is 2.00. The van der Waals surface area contributed by atoms with Crippen molar-refractivity contribution in [3.05, 3.63) is 0 Å². The van der Waals surface area contributed by atoms with Crippen LogP contribution >= 0.6 is 0 Å². The van der Waals surface area contributed by atoms with Gasteiger partial charge in [0.15, 0.2) is 0 Å². The van der Waals surface area contributed by atoms with E-state index in [0.29, 0.717) is 12.8 Å². The van der Waals surface area contributed by atoms with Crippen LogP contribution in [0.3, 0.4) is 0 Å². The van der Waals surface area contributed by atoms with E-state index < -0.39 is 12.2 Å². The smallest absolute Gasteiger partial charge is 0.328 e. The molecule has 2 nitrogen and oxygen atoms in total.